The van der Waals surface area contributed by atoms with Gasteiger partial charge in [0.1, 0.15) is 11.3 Å². The van der Waals surface area contributed by atoms with Crippen LogP contribution in [0.1, 0.15) is 26.4 Å². The van der Waals surface area contributed by atoms with Gasteiger partial charge in [0.05, 0.1) is 23.1 Å². The van der Waals surface area contributed by atoms with Gasteiger partial charge in [-0.25, -0.2) is 22.0 Å². The summed E-state index contributed by atoms with van der Waals surface area (Å²) >= 11 is 0. The van der Waals surface area contributed by atoms with E-state index in [9.17, 15) is 28.2 Å². The van der Waals surface area contributed by atoms with Crippen molar-refractivity contribution in [3.8, 4) is 5.75 Å². The molecule has 0 atom stereocenters. The quantitative estimate of drug-likeness (QED) is 0.657. The molecular weight excluding hydrogens is 374 g/mol. The average Bonchev–Trinajstić information content (AvgIpc) is 2.93. The van der Waals surface area contributed by atoms with Crippen LogP contribution in [0, 0.1) is 6.92 Å². The maximum Gasteiger partial charge on any atom is 0.340 e. The summed E-state index contributed by atoms with van der Waals surface area (Å²) in [5, 5.41) is 19.3. The van der Waals surface area contributed by atoms with E-state index in [-0.39, 0.29) is 27.1 Å². The van der Waals surface area contributed by atoms with Gasteiger partial charge >= 0.3 is 11.9 Å². The topological polar surface area (TPSA) is 123 Å². The summed E-state index contributed by atoms with van der Waals surface area (Å²) in [4.78, 5) is 23.9. The van der Waals surface area contributed by atoms with Gasteiger partial charge in [-0.05, 0) is 31.2 Å². The number of carboxylic acid groups (broad SMARTS) is 1. The second-order valence-electron chi connectivity index (χ2n) is 5.69. The Morgan fingerprint density at radius 1 is 1.04 bits per heavy atom. The molecule has 3 rings (SSSR count). The number of aromatic hydroxyl groups is 1. The lowest BCUT2D eigenvalue weighted by atomic mass is 10.0. The first-order chi connectivity index (χ1) is 12.7. The Balaban J connectivity index is 2.53. The van der Waals surface area contributed by atoms with Crippen LogP contribution in [0.3, 0.4) is 0 Å². The molecule has 1 aromatic heterocycles. The lowest BCUT2D eigenvalue weighted by molar-refractivity contribution is 0.0602. The molecule has 1 heterocycles. The van der Waals surface area contributed by atoms with Gasteiger partial charge in [0.15, 0.2) is 0 Å². The molecule has 9 heteroatoms. The van der Waals surface area contributed by atoms with E-state index >= 15 is 0 Å². The van der Waals surface area contributed by atoms with Crippen LogP contribution in [-0.4, -0.2) is 41.7 Å². The maximum absolute atomic E-state index is 13.2. The molecule has 0 unspecified atom stereocenters. The lowest BCUT2D eigenvalue weighted by Crippen LogP contribution is -2.15. The third-order valence-corrected chi connectivity index (χ3v) is 6.00. The fraction of sp³-hybridized carbons (Fsp3) is 0.111. The first-order valence-corrected chi connectivity index (χ1v) is 9.15. The predicted molar refractivity (Wildman–Crippen MR) is 95.7 cm³/mol. The van der Waals surface area contributed by atoms with E-state index in [0.29, 0.717) is 0 Å². The van der Waals surface area contributed by atoms with Gasteiger partial charge in [-0.2, -0.15) is 0 Å². The molecule has 0 bridgehead atoms. The summed E-state index contributed by atoms with van der Waals surface area (Å²) in [6.07, 6.45) is 0. The first-order valence-electron chi connectivity index (χ1n) is 7.71. The van der Waals surface area contributed by atoms with Crippen molar-refractivity contribution < 1.29 is 33.0 Å². The highest BCUT2D eigenvalue weighted by molar-refractivity contribution is 7.90. The van der Waals surface area contributed by atoms with Crippen LogP contribution in [0.25, 0.3) is 10.9 Å². The molecule has 0 aliphatic heterocycles. The number of fused-ring (bicyclic) bond motifs is 1. The minimum atomic E-state index is -4.14. The van der Waals surface area contributed by atoms with Crippen LogP contribution in [0.2, 0.25) is 0 Å². The SMILES string of the molecule is COC(=O)c1c(C)n(S(=O)(=O)c2ccccc2)c2ccc(O)c(C(=O)O)c12. The molecule has 0 amide bonds. The number of esters is 1. The number of aromatic nitrogens is 1. The lowest BCUT2D eigenvalue weighted by Gasteiger charge is -2.10. The van der Waals surface area contributed by atoms with E-state index in [1.54, 1.807) is 18.2 Å². The highest BCUT2D eigenvalue weighted by atomic mass is 32.2. The van der Waals surface area contributed by atoms with Gasteiger partial charge in [-0.1, -0.05) is 18.2 Å². The van der Waals surface area contributed by atoms with Gasteiger partial charge in [0.25, 0.3) is 10.0 Å². The number of benzene rings is 2. The molecule has 0 spiro atoms. The number of phenols is 1. The second kappa shape index (κ2) is 6.44. The molecule has 0 saturated carbocycles. The molecule has 27 heavy (non-hydrogen) atoms. The zero-order valence-corrected chi connectivity index (χ0v) is 15.1. The van der Waals surface area contributed by atoms with Gasteiger partial charge in [-0.3, -0.25) is 0 Å². The summed E-state index contributed by atoms with van der Waals surface area (Å²) in [6.45, 7) is 1.37. The van der Waals surface area contributed by atoms with Crippen molar-refractivity contribution in [2.24, 2.45) is 0 Å². The maximum atomic E-state index is 13.2. The van der Waals surface area contributed by atoms with Crippen molar-refractivity contribution >= 4 is 32.9 Å². The fourth-order valence-electron chi connectivity index (χ4n) is 3.04. The van der Waals surface area contributed by atoms with Crippen LogP contribution < -0.4 is 0 Å². The van der Waals surface area contributed by atoms with Crippen molar-refractivity contribution in [3.05, 3.63) is 59.3 Å². The number of carboxylic acids is 1. The highest BCUT2D eigenvalue weighted by Gasteiger charge is 2.32. The van der Waals surface area contributed by atoms with Crippen molar-refractivity contribution in [3.63, 3.8) is 0 Å². The van der Waals surface area contributed by atoms with Gasteiger partial charge in [-0.15, -0.1) is 0 Å². The van der Waals surface area contributed by atoms with Crippen molar-refractivity contribution in [1.82, 2.24) is 3.97 Å². The zero-order chi connectivity index (χ0) is 19.9. The van der Waals surface area contributed by atoms with Crippen molar-refractivity contribution in [1.29, 1.82) is 0 Å². The third kappa shape index (κ3) is 2.72. The van der Waals surface area contributed by atoms with E-state index in [4.69, 9.17) is 4.74 Å². The smallest absolute Gasteiger partial charge is 0.340 e. The first kappa shape index (κ1) is 18.5. The fourth-order valence-corrected chi connectivity index (χ4v) is 4.62. The summed E-state index contributed by atoms with van der Waals surface area (Å²) in [5.41, 5.74) is -0.876. The number of methoxy groups -OCH3 is 1. The number of nitrogens with zero attached hydrogens (tertiary/aromatic N) is 1. The minimum Gasteiger partial charge on any atom is -0.507 e. The molecule has 8 nitrogen and oxygen atoms in total. The van der Waals surface area contributed by atoms with Crippen LogP contribution in [0.15, 0.2) is 47.4 Å². The number of hydrogen-bond acceptors (Lipinski definition) is 6. The van der Waals surface area contributed by atoms with Crippen LogP contribution >= 0.6 is 0 Å². The average molecular weight is 389 g/mol. The summed E-state index contributed by atoms with van der Waals surface area (Å²) in [6, 6.07) is 9.83. The summed E-state index contributed by atoms with van der Waals surface area (Å²) in [7, 11) is -3.04. The molecule has 0 aliphatic carbocycles. The molecule has 2 N–H and O–H groups in total. The van der Waals surface area contributed by atoms with E-state index in [1.165, 1.54) is 25.1 Å². The largest absolute Gasteiger partial charge is 0.507 e. The molecule has 0 aliphatic rings. The second-order valence-corrected chi connectivity index (χ2v) is 7.48. The summed E-state index contributed by atoms with van der Waals surface area (Å²) in [5.74, 6) is -3.00. The summed E-state index contributed by atoms with van der Waals surface area (Å²) < 4.78 is 31.9. The van der Waals surface area contributed by atoms with Gasteiger partial charge < -0.3 is 14.9 Å². The normalized spacial score (nSPS) is 11.5. The molecule has 0 fully saturated rings. The zero-order valence-electron chi connectivity index (χ0n) is 14.3. The Kier molecular flexibility index (Phi) is 4.40. The van der Waals surface area contributed by atoms with Gasteiger partial charge in [0, 0.05) is 11.1 Å². The number of hydrogen-bond donors (Lipinski definition) is 2. The third-order valence-electron chi connectivity index (χ3n) is 4.18. The highest BCUT2D eigenvalue weighted by Crippen LogP contribution is 2.36. The minimum absolute atomic E-state index is 0.0196. The van der Waals surface area contributed by atoms with E-state index in [0.717, 1.165) is 17.1 Å². The number of carbonyl (C=O) groups is 2. The monoisotopic (exact) mass is 389 g/mol. The Morgan fingerprint density at radius 2 is 1.67 bits per heavy atom. The molecule has 3 aromatic rings. The molecule has 2 aromatic carbocycles. The van der Waals surface area contributed by atoms with E-state index in [1.807, 2.05) is 0 Å². The Labute approximate surface area is 154 Å². The van der Waals surface area contributed by atoms with Crippen LogP contribution in [0.4, 0.5) is 0 Å². The number of ether oxygens (including phenoxy) is 1. The molecule has 140 valence electrons. The standard InChI is InChI=1S/C18H15NO7S/c1-10-14(18(23)26-2)15-12(8-9-13(20)16(15)17(21)22)19(10)27(24,25)11-6-4-3-5-7-11/h3-9,20H,1-2H3,(H,21,22). The number of aromatic carboxylic acids is 1. The van der Waals surface area contributed by atoms with E-state index in [2.05, 4.69) is 0 Å². The van der Waals surface area contributed by atoms with Crippen LogP contribution in [-0.2, 0) is 14.8 Å². The molecule has 0 saturated heterocycles. The number of carbonyl (C=O) groups excluding carboxylic acids is 1. The predicted octanol–water partition coefficient (Wildman–Crippen LogP) is 2.38. The van der Waals surface area contributed by atoms with Gasteiger partial charge in [0.2, 0.25) is 0 Å². The van der Waals surface area contributed by atoms with E-state index < -0.39 is 33.3 Å². The Bertz CT molecular complexity index is 1180. The molecular formula is C18H15NO7S. The van der Waals surface area contributed by atoms with Crippen molar-refractivity contribution in [2.45, 2.75) is 11.8 Å². The van der Waals surface area contributed by atoms with Crippen molar-refractivity contribution in [2.75, 3.05) is 7.11 Å². The van der Waals surface area contributed by atoms with Crippen LogP contribution in [0.5, 0.6) is 5.75 Å². The Morgan fingerprint density at radius 3 is 2.22 bits per heavy atom. The number of rotatable bonds is 4. The molecule has 0 radical (unpaired) electrons. The Hall–Kier alpha value is -3.33.